The molecule has 1 N–H and O–H groups in total. The molecule has 0 saturated carbocycles. The van der Waals surface area contributed by atoms with Gasteiger partial charge in [-0.15, -0.1) is 0 Å². The number of halogens is 3. The molecule has 3 rings (SSSR count). The van der Waals surface area contributed by atoms with Crippen LogP contribution in [0, 0.1) is 6.92 Å². The summed E-state index contributed by atoms with van der Waals surface area (Å²) in [5, 5.41) is 3.22. The van der Waals surface area contributed by atoms with Crippen molar-refractivity contribution in [3.63, 3.8) is 0 Å². The number of carbonyl (C=O) groups is 2. The Balaban J connectivity index is 2.12. The second-order valence-corrected chi connectivity index (χ2v) is 14.1. The van der Waals surface area contributed by atoms with Crippen molar-refractivity contribution in [2.24, 2.45) is 0 Å². The molecule has 7 nitrogen and oxygen atoms in total. The van der Waals surface area contributed by atoms with E-state index in [0.29, 0.717) is 0 Å². The smallest absolute Gasteiger partial charge is 0.244 e. The Bertz CT molecular complexity index is 1510. The molecular formula is C30H34Cl3N3O4S. The van der Waals surface area contributed by atoms with Gasteiger partial charge in [-0.2, -0.15) is 0 Å². The lowest BCUT2D eigenvalue weighted by Crippen LogP contribution is -2.56. The van der Waals surface area contributed by atoms with E-state index in [0.717, 1.165) is 27.3 Å². The van der Waals surface area contributed by atoms with Crippen LogP contribution in [0.1, 0.15) is 37.5 Å². The quantitative estimate of drug-likeness (QED) is 0.265. The van der Waals surface area contributed by atoms with E-state index in [4.69, 9.17) is 34.8 Å². The SMILES string of the molecule is Cc1cccc(CN(C(=O)CN(c2cc(Cl)c(Cl)cc2Cl)S(C)(=O)=O)C(Cc2ccccc2)C(=O)NC(C)(C)C)c1. The molecule has 0 fully saturated rings. The van der Waals surface area contributed by atoms with Crippen LogP contribution in [0.4, 0.5) is 5.69 Å². The Morgan fingerprint density at radius 3 is 2.07 bits per heavy atom. The summed E-state index contributed by atoms with van der Waals surface area (Å²) in [5.74, 6) is -0.954. The fourth-order valence-corrected chi connectivity index (χ4v) is 5.86. The first kappa shape index (κ1) is 32.7. The fraction of sp³-hybridized carbons (Fsp3) is 0.333. The minimum absolute atomic E-state index is 0.00572. The third-order valence-electron chi connectivity index (χ3n) is 6.14. The van der Waals surface area contributed by atoms with E-state index in [1.54, 1.807) is 0 Å². The number of aryl methyl sites for hydroxylation is 1. The molecule has 1 unspecified atom stereocenters. The molecule has 0 aliphatic carbocycles. The van der Waals surface area contributed by atoms with Crippen LogP contribution in [-0.4, -0.2) is 49.5 Å². The fourth-order valence-electron chi connectivity index (χ4n) is 4.31. The van der Waals surface area contributed by atoms with Gasteiger partial charge in [0, 0.05) is 18.5 Å². The van der Waals surface area contributed by atoms with Crippen LogP contribution in [0.5, 0.6) is 0 Å². The summed E-state index contributed by atoms with van der Waals surface area (Å²) in [5.41, 5.74) is 2.05. The number of nitrogens with zero attached hydrogens (tertiary/aromatic N) is 2. The third-order valence-corrected chi connectivity index (χ3v) is 8.29. The molecule has 0 radical (unpaired) electrons. The molecule has 2 amide bonds. The molecule has 3 aromatic carbocycles. The molecule has 0 aliphatic heterocycles. The first-order valence-electron chi connectivity index (χ1n) is 12.9. The first-order valence-corrected chi connectivity index (χ1v) is 15.9. The molecule has 3 aromatic rings. The Labute approximate surface area is 257 Å². The van der Waals surface area contributed by atoms with Crippen molar-refractivity contribution in [1.29, 1.82) is 0 Å². The molecule has 0 spiro atoms. The van der Waals surface area contributed by atoms with Crippen molar-refractivity contribution in [1.82, 2.24) is 10.2 Å². The van der Waals surface area contributed by atoms with Gasteiger partial charge in [0.15, 0.2) is 0 Å². The molecule has 0 aromatic heterocycles. The Morgan fingerprint density at radius 1 is 0.878 bits per heavy atom. The summed E-state index contributed by atoms with van der Waals surface area (Å²) in [6.45, 7) is 6.96. The van der Waals surface area contributed by atoms with Crippen molar-refractivity contribution in [3.8, 4) is 0 Å². The predicted octanol–water partition coefficient (Wildman–Crippen LogP) is 6.28. The Hall–Kier alpha value is -2.78. The highest BCUT2D eigenvalue weighted by Gasteiger charge is 2.35. The Kier molecular flexibility index (Phi) is 10.7. The molecule has 0 aliphatic rings. The minimum Gasteiger partial charge on any atom is -0.350 e. The number of amides is 2. The van der Waals surface area contributed by atoms with Crippen molar-refractivity contribution in [2.75, 3.05) is 17.1 Å². The molecule has 11 heteroatoms. The van der Waals surface area contributed by atoms with Gasteiger partial charge >= 0.3 is 0 Å². The van der Waals surface area contributed by atoms with E-state index in [2.05, 4.69) is 5.32 Å². The first-order chi connectivity index (χ1) is 19.0. The van der Waals surface area contributed by atoms with Gasteiger partial charge in [0.25, 0.3) is 0 Å². The monoisotopic (exact) mass is 637 g/mol. The minimum atomic E-state index is -4.01. The molecule has 0 saturated heterocycles. The van der Waals surface area contributed by atoms with Crippen molar-refractivity contribution in [2.45, 2.75) is 52.2 Å². The molecule has 220 valence electrons. The zero-order chi connectivity index (χ0) is 30.5. The predicted molar refractivity (Wildman–Crippen MR) is 167 cm³/mol. The van der Waals surface area contributed by atoms with E-state index in [-0.39, 0.29) is 39.6 Å². The highest BCUT2D eigenvalue weighted by atomic mass is 35.5. The lowest BCUT2D eigenvalue weighted by atomic mass is 10.0. The van der Waals surface area contributed by atoms with E-state index in [9.17, 15) is 18.0 Å². The number of hydrogen-bond donors (Lipinski definition) is 1. The number of anilines is 1. The second-order valence-electron chi connectivity index (χ2n) is 10.9. The summed E-state index contributed by atoms with van der Waals surface area (Å²) in [6, 6.07) is 18.6. The summed E-state index contributed by atoms with van der Waals surface area (Å²) in [6.07, 6.45) is 1.19. The second kappa shape index (κ2) is 13.5. The average Bonchev–Trinajstić information content (AvgIpc) is 2.86. The summed E-state index contributed by atoms with van der Waals surface area (Å²) in [4.78, 5) is 29.4. The Morgan fingerprint density at radius 2 is 1.49 bits per heavy atom. The third kappa shape index (κ3) is 9.36. The van der Waals surface area contributed by atoms with E-state index < -0.39 is 34.1 Å². The van der Waals surface area contributed by atoms with Gasteiger partial charge in [-0.25, -0.2) is 8.42 Å². The summed E-state index contributed by atoms with van der Waals surface area (Å²) < 4.78 is 26.8. The maximum absolute atomic E-state index is 14.2. The summed E-state index contributed by atoms with van der Waals surface area (Å²) >= 11 is 18.6. The number of nitrogens with one attached hydrogen (secondary N) is 1. The molecule has 0 bridgehead atoms. The largest absolute Gasteiger partial charge is 0.350 e. The van der Waals surface area contributed by atoms with Crippen LogP contribution in [0.3, 0.4) is 0 Å². The molecule has 41 heavy (non-hydrogen) atoms. The van der Waals surface area contributed by atoms with Crippen LogP contribution in [0.25, 0.3) is 0 Å². The standard InChI is InChI=1S/C30H34Cl3N3O4S/c1-20-10-9-13-22(14-20)18-35(27(29(38)34-30(2,3)4)15-21-11-7-6-8-12-21)28(37)19-36(41(5,39)40)26-17-24(32)23(31)16-25(26)33/h6-14,16-17,27H,15,18-19H2,1-5H3,(H,34,38). The lowest BCUT2D eigenvalue weighted by Gasteiger charge is -2.35. The molecule has 0 heterocycles. The lowest BCUT2D eigenvalue weighted by molar-refractivity contribution is -0.140. The van der Waals surface area contributed by atoms with Gasteiger partial charge in [-0.3, -0.25) is 13.9 Å². The topological polar surface area (TPSA) is 86.8 Å². The van der Waals surface area contributed by atoms with Crippen LogP contribution in [0.2, 0.25) is 15.1 Å². The zero-order valence-electron chi connectivity index (χ0n) is 23.6. The van der Waals surface area contributed by atoms with Crippen LogP contribution in [0.15, 0.2) is 66.7 Å². The van der Waals surface area contributed by atoms with Crippen molar-refractivity contribution >= 4 is 62.3 Å². The maximum Gasteiger partial charge on any atom is 0.244 e. The normalized spacial score (nSPS) is 12.5. The van der Waals surface area contributed by atoms with Gasteiger partial charge in [0.2, 0.25) is 21.8 Å². The molecular weight excluding hydrogens is 605 g/mol. The maximum atomic E-state index is 14.2. The van der Waals surface area contributed by atoms with Crippen LogP contribution >= 0.6 is 34.8 Å². The van der Waals surface area contributed by atoms with Gasteiger partial charge < -0.3 is 10.2 Å². The van der Waals surface area contributed by atoms with Gasteiger partial charge in [0.05, 0.1) is 27.0 Å². The average molecular weight is 639 g/mol. The number of carbonyl (C=O) groups excluding carboxylic acids is 2. The summed E-state index contributed by atoms with van der Waals surface area (Å²) in [7, 11) is -4.01. The van der Waals surface area contributed by atoms with Crippen LogP contribution < -0.4 is 9.62 Å². The zero-order valence-corrected chi connectivity index (χ0v) is 26.7. The molecule has 1 atom stereocenters. The van der Waals surface area contributed by atoms with Gasteiger partial charge in [0.1, 0.15) is 12.6 Å². The highest BCUT2D eigenvalue weighted by molar-refractivity contribution is 7.92. The highest BCUT2D eigenvalue weighted by Crippen LogP contribution is 2.35. The van der Waals surface area contributed by atoms with E-state index >= 15 is 0 Å². The van der Waals surface area contributed by atoms with Gasteiger partial charge in [-0.05, 0) is 51.0 Å². The van der Waals surface area contributed by atoms with Crippen molar-refractivity contribution < 1.29 is 18.0 Å². The van der Waals surface area contributed by atoms with Crippen LogP contribution in [-0.2, 0) is 32.6 Å². The van der Waals surface area contributed by atoms with Gasteiger partial charge in [-0.1, -0.05) is 95.0 Å². The number of hydrogen-bond acceptors (Lipinski definition) is 4. The number of rotatable bonds is 10. The van der Waals surface area contributed by atoms with E-state index in [1.807, 2.05) is 82.3 Å². The number of sulfonamides is 1. The van der Waals surface area contributed by atoms with Crippen molar-refractivity contribution in [3.05, 3.63) is 98.5 Å². The number of benzene rings is 3. The van der Waals surface area contributed by atoms with E-state index in [1.165, 1.54) is 17.0 Å².